The molecular weight excluding hydrogens is 492 g/mol. The third kappa shape index (κ3) is 9.35. The lowest BCUT2D eigenvalue weighted by Crippen LogP contribution is -2.50. The standard InChI is InChI=1S/C24H32N2O11/c1-4-33-22(30)14-34-19-7-5-18(6-8-19)23(31)21(13-27)26(16(2)28)37-20-9-11-25(12-10-20)24(32)36-15-35-17(3)29/h5-8,20-21,27H,4,9-15H2,1-3H3. The fraction of sp³-hybridized carbons (Fsp3) is 0.542. The Kier molecular flexibility index (Phi) is 11.8. The zero-order valence-corrected chi connectivity index (χ0v) is 21.0. The predicted molar refractivity (Wildman–Crippen MR) is 125 cm³/mol. The molecule has 2 amide bonds. The fourth-order valence-corrected chi connectivity index (χ4v) is 3.44. The second-order valence-electron chi connectivity index (χ2n) is 7.98. The van der Waals surface area contributed by atoms with Crippen molar-refractivity contribution in [2.75, 3.05) is 39.7 Å². The summed E-state index contributed by atoms with van der Waals surface area (Å²) in [5, 5.41) is 10.8. The van der Waals surface area contributed by atoms with Crippen LogP contribution in [0.25, 0.3) is 0 Å². The minimum absolute atomic E-state index is 0.197. The number of likely N-dealkylation sites (tertiary alicyclic amines) is 1. The maximum Gasteiger partial charge on any atom is 0.412 e. The fourth-order valence-electron chi connectivity index (χ4n) is 3.44. The molecule has 1 saturated heterocycles. The Morgan fingerprint density at radius 2 is 1.68 bits per heavy atom. The van der Waals surface area contributed by atoms with Crippen molar-refractivity contribution in [3.63, 3.8) is 0 Å². The summed E-state index contributed by atoms with van der Waals surface area (Å²) in [5.74, 6) is -1.90. The quantitative estimate of drug-likeness (QED) is 0.180. The number of nitrogens with zero attached hydrogens (tertiary/aromatic N) is 2. The van der Waals surface area contributed by atoms with Crippen LogP contribution in [-0.4, -0.2) is 96.6 Å². The molecule has 0 saturated carbocycles. The SMILES string of the molecule is CCOC(=O)COc1ccc(C(=O)C(CO)N(OC2CCN(C(=O)OCOC(C)=O)CC2)C(C)=O)cc1. The number of hydrogen-bond acceptors (Lipinski definition) is 11. The molecule has 13 heteroatoms. The molecule has 0 spiro atoms. The van der Waals surface area contributed by atoms with E-state index in [1.165, 1.54) is 43.0 Å². The van der Waals surface area contributed by atoms with Gasteiger partial charge in [-0.3, -0.25) is 19.2 Å². The van der Waals surface area contributed by atoms with Crippen LogP contribution in [0.4, 0.5) is 4.79 Å². The van der Waals surface area contributed by atoms with Gasteiger partial charge in [-0.15, -0.1) is 0 Å². The van der Waals surface area contributed by atoms with Gasteiger partial charge in [0.25, 0.3) is 0 Å². The van der Waals surface area contributed by atoms with Gasteiger partial charge >= 0.3 is 18.0 Å². The number of aliphatic hydroxyl groups excluding tert-OH is 1. The lowest BCUT2D eigenvalue weighted by Gasteiger charge is -2.35. The van der Waals surface area contributed by atoms with E-state index in [1.54, 1.807) is 6.92 Å². The van der Waals surface area contributed by atoms with Crippen LogP contribution in [0.5, 0.6) is 5.75 Å². The minimum atomic E-state index is -1.30. The number of carbonyl (C=O) groups is 5. The van der Waals surface area contributed by atoms with Gasteiger partial charge < -0.3 is 29.0 Å². The van der Waals surface area contributed by atoms with E-state index in [-0.39, 0.29) is 31.9 Å². The van der Waals surface area contributed by atoms with Crippen molar-refractivity contribution in [1.29, 1.82) is 0 Å². The van der Waals surface area contributed by atoms with Crippen molar-refractivity contribution in [2.24, 2.45) is 0 Å². The molecule has 0 aromatic heterocycles. The van der Waals surface area contributed by atoms with Crippen LogP contribution in [0, 0.1) is 0 Å². The number of aliphatic hydroxyl groups is 1. The second kappa shape index (κ2) is 14.8. The van der Waals surface area contributed by atoms with Gasteiger partial charge in [0.2, 0.25) is 12.7 Å². The van der Waals surface area contributed by atoms with Gasteiger partial charge in [-0.2, -0.15) is 0 Å². The van der Waals surface area contributed by atoms with Crippen molar-refractivity contribution in [3.05, 3.63) is 29.8 Å². The highest BCUT2D eigenvalue weighted by Gasteiger charge is 2.33. The van der Waals surface area contributed by atoms with Gasteiger partial charge in [-0.05, 0) is 44.0 Å². The number of ether oxygens (including phenoxy) is 4. The van der Waals surface area contributed by atoms with E-state index >= 15 is 0 Å². The summed E-state index contributed by atoms with van der Waals surface area (Å²) in [4.78, 5) is 66.8. The third-order valence-corrected chi connectivity index (χ3v) is 5.28. The smallest absolute Gasteiger partial charge is 0.412 e. The van der Waals surface area contributed by atoms with Crippen molar-refractivity contribution in [2.45, 2.75) is 45.8 Å². The summed E-state index contributed by atoms with van der Waals surface area (Å²) in [7, 11) is 0. The van der Waals surface area contributed by atoms with E-state index in [0.29, 0.717) is 18.6 Å². The summed E-state index contributed by atoms with van der Waals surface area (Å²) >= 11 is 0. The first kappa shape index (κ1) is 29.5. The second-order valence-corrected chi connectivity index (χ2v) is 7.98. The van der Waals surface area contributed by atoms with E-state index in [9.17, 15) is 29.1 Å². The minimum Gasteiger partial charge on any atom is -0.482 e. The molecule has 1 aromatic rings. The summed E-state index contributed by atoms with van der Waals surface area (Å²) in [5.41, 5.74) is 0.197. The number of amides is 2. The average Bonchev–Trinajstić information content (AvgIpc) is 2.87. The van der Waals surface area contributed by atoms with E-state index < -0.39 is 55.3 Å². The molecule has 37 heavy (non-hydrogen) atoms. The van der Waals surface area contributed by atoms with Crippen molar-refractivity contribution >= 4 is 29.7 Å². The Hall–Kier alpha value is -3.71. The number of rotatable bonds is 12. The van der Waals surface area contributed by atoms with Crippen molar-refractivity contribution in [3.8, 4) is 5.75 Å². The van der Waals surface area contributed by atoms with Crippen LogP contribution in [0.15, 0.2) is 24.3 Å². The molecule has 1 unspecified atom stereocenters. The normalized spacial score (nSPS) is 14.3. The highest BCUT2D eigenvalue weighted by atomic mass is 16.7. The van der Waals surface area contributed by atoms with E-state index in [4.69, 9.17) is 19.0 Å². The van der Waals surface area contributed by atoms with Crippen LogP contribution in [0.2, 0.25) is 0 Å². The average molecular weight is 525 g/mol. The molecule has 0 aliphatic carbocycles. The van der Waals surface area contributed by atoms with E-state index in [2.05, 4.69) is 4.74 Å². The third-order valence-electron chi connectivity index (χ3n) is 5.28. The molecule has 1 heterocycles. The zero-order valence-electron chi connectivity index (χ0n) is 21.0. The number of Topliss-reactive ketones (excluding diaryl/α,β-unsaturated/α-hetero) is 1. The Morgan fingerprint density at radius 3 is 2.22 bits per heavy atom. The first-order chi connectivity index (χ1) is 17.7. The van der Waals surface area contributed by atoms with Crippen LogP contribution >= 0.6 is 0 Å². The molecule has 2 rings (SSSR count). The maximum atomic E-state index is 13.1. The molecule has 1 atom stereocenters. The van der Waals surface area contributed by atoms with Crippen molar-refractivity contribution in [1.82, 2.24) is 9.96 Å². The van der Waals surface area contributed by atoms with Gasteiger partial charge in [-0.1, -0.05) is 0 Å². The van der Waals surface area contributed by atoms with Gasteiger partial charge in [0.15, 0.2) is 12.4 Å². The highest BCUT2D eigenvalue weighted by molar-refractivity contribution is 6.01. The number of carbonyl (C=O) groups excluding carboxylic acids is 5. The number of ketones is 1. The Bertz CT molecular complexity index is 943. The Balaban J connectivity index is 1.95. The molecule has 0 radical (unpaired) electrons. The molecule has 13 nitrogen and oxygen atoms in total. The van der Waals surface area contributed by atoms with E-state index in [1.807, 2.05) is 0 Å². The number of esters is 2. The Labute approximate surface area is 214 Å². The Morgan fingerprint density at radius 1 is 1.03 bits per heavy atom. The molecule has 1 aliphatic heterocycles. The predicted octanol–water partition coefficient (Wildman–Crippen LogP) is 1.07. The lowest BCUT2D eigenvalue weighted by atomic mass is 10.0. The van der Waals surface area contributed by atoms with Gasteiger partial charge in [0, 0.05) is 32.5 Å². The number of hydroxylamine groups is 2. The van der Waals surface area contributed by atoms with Crippen molar-refractivity contribution < 1.29 is 52.9 Å². The molecule has 1 aromatic carbocycles. The summed E-state index contributed by atoms with van der Waals surface area (Å²) < 4.78 is 19.5. The molecule has 1 fully saturated rings. The number of hydrogen-bond donors (Lipinski definition) is 1. The number of benzene rings is 1. The molecule has 0 bridgehead atoms. The largest absolute Gasteiger partial charge is 0.482 e. The van der Waals surface area contributed by atoms with Gasteiger partial charge in [0.05, 0.1) is 19.3 Å². The monoisotopic (exact) mass is 524 g/mol. The summed E-state index contributed by atoms with van der Waals surface area (Å²) in [6.07, 6.45) is -0.473. The van der Waals surface area contributed by atoms with Crippen LogP contribution in [-0.2, 0) is 33.4 Å². The van der Waals surface area contributed by atoms with Crippen LogP contribution < -0.4 is 4.74 Å². The molecule has 204 valence electrons. The summed E-state index contributed by atoms with van der Waals surface area (Å²) in [6.45, 7) is 3.37. The first-order valence-electron chi connectivity index (χ1n) is 11.7. The molecule has 1 aliphatic rings. The summed E-state index contributed by atoms with van der Waals surface area (Å²) in [6, 6.07) is 4.56. The van der Waals surface area contributed by atoms with Crippen LogP contribution in [0.1, 0.15) is 44.0 Å². The topological polar surface area (TPSA) is 158 Å². The molecular formula is C24H32N2O11. The highest BCUT2D eigenvalue weighted by Crippen LogP contribution is 2.20. The molecule has 1 N–H and O–H groups in total. The number of piperidine rings is 1. The zero-order chi connectivity index (χ0) is 27.4. The lowest BCUT2D eigenvalue weighted by molar-refractivity contribution is -0.222. The maximum absolute atomic E-state index is 13.1. The van der Waals surface area contributed by atoms with Gasteiger partial charge in [0.1, 0.15) is 11.8 Å². The van der Waals surface area contributed by atoms with Crippen LogP contribution in [0.3, 0.4) is 0 Å². The van der Waals surface area contributed by atoms with Gasteiger partial charge in [-0.25, -0.2) is 14.7 Å². The van der Waals surface area contributed by atoms with E-state index in [0.717, 1.165) is 5.06 Å². The first-order valence-corrected chi connectivity index (χ1v) is 11.7.